The molecule has 0 spiro atoms. The van der Waals surface area contributed by atoms with Crippen molar-refractivity contribution in [2.45, 2.75) is 0 Å². The summed E-state index contributed by atoms with van der Waals surface area (Å²) in [4.78, 5) is 4.52. The van der Waals surface area contributed by atoms with Crippen molar-refractivity contribution in [1.82, 2.24) is 4.98 Å². The number of aromatic amines is 1. The smallest absolute Gasteiger partial charge is 0.0461 e. The van der Waals surface area contributed by atoms with E-state index in [4.69, 9.17) is 11.6 Å². The highest BCUT2D eigenvalue weighted by Crippen LogP contribution is 2.32. The minimum Gasteiger partial charge on any atom is -0.361 e. The molecule has 15 heavy (non-hydrogen) atoms. The van der Waals surface area contributed by atoms with Gasteiger partial charge >= 0.3 is 0 Å². The van der Waals surface area contributed by atoms with Gasteiger partial charge in [0.25, 0.3) is 0 Å². The molecule has 74 valence electrons. The molecule has 3 rings (SSSR count). The molecule has 0 bridgehead atoms. The van der Waals surface area contributed by atoms with Gasteiger partial charge in [0.05, 0.1) is 0 Å². The third-order valence-electron chi connectivity index (χ3n) is 2.43. The molecule has 0 radical (unpaired) electrons. The molecule has 0 fully saturated rings. The first kappa shape index (κ1) is 9.01. The van der Waals surface area contributed by atoms with Crippen LogP contribution in [0.2, 0.25) is 5.02 Å². The van der Waals surface area contributed by atoms with Gasteiger partial charge in [0.1, 0.15) is 0 Å². The first-order chi connectivity index (χ1) is 7.34. The van der Waals surface area contributed by atoms with Crippen LogP contribution in [0.5, 0.6) is 0 Å². The van der Waals surface area contributed by atoms with Crippen molar-refractivity contribution in [3.8, 4) is 10.4 Å². The highest BCUT2D eigenvalue weighted by atomic mass is 35.5. The van der Waals surface area contributed by atoms with Gasteiger partial charge in [-0.05, 0) is 29.6 Å². The Kier molecular flexibility index (Phi) is 2.04. The maximum absolute atomic E-state index is 6.00. The van der Waals surface area contributed by atoms with Crippen LogP contribution in [0.3, 0.4) is 0 Å². The lowest BCUT2D eigenvalue weighted by molar-refractivity contribution is 1.48. The number of benzene rings is 1. The van der Waals surface area contributed by atoms with E-state index in [0.717, 1.165) is 10.5 Å². The van der Waals surface area contributed by atoms with Gasteiger partial charge in [0.2, 0.25) is 0 Å². The molecular weight excluding hydrogens is 226 g/mol. The lowest BCUT2D eigenvalue weighted by Gasteiger charge is -1.95. The molecule has 0 aliphatic rings. The predicted molar refractivity (Wildman–Crippen MR) is 66.6 cm³/mol. The highest BCUT2D eigenvalue weighted by Gasteiger charge is 2.06. The fraction of sp³-hybridized carbons (Fsp3) is 0. The zero-order chi connectivity index (χ0) is 10.3. The Bertz CT molecular complexity index is 595. The average Bonchev–Trinajstić information content (AvgIpc) is 2.83. The third-order valence-corrected chi connectivity index (χ3v) is 3.57. The Balaban J connectivity index is 2.32. The molecule has 0 aliphatic carbocycles. The molecule has 3 heteroatoms. The minimum absolute atomic E-state index is 0.778. The number of aromatic nitrogens is 1. The summed E-state index contributed by atoms with van der Waals surface area (Å²) in [5, 5.41) is 4.04. The van der Waals surface area contributed by atoms with Gasteiger partial charge in [0.15, 0.2) is 0 Å². The van der Waals surface area contributed by atoms with Crippen molar-refractivity contribution < 1.29 is 0 Å². The van der Waals surface area contributed by atoms with Gasteiger partial charge in [-0.3, -0.25) is 0 Å². The first-order valence-electron chi connectivity index (χ1n) is 4.65. The SMILES string of the molecule is Clc1ccc2[nH]cc(-c3cccs3)c2c1. The van der Waals surface area contributed by atoms with Crippen molar-refractivity contribution in [2.24, 2.45) is 0 Å². The van der Waals surface area contributed by atoms with Crippen molar-refractivity contribution in [3.05, 3.63) is 46.9 Å². The normalized spacial score (nSPS) is 11.0. The standard InChI is InChI=1S/C12H8ClNS/c13-8-3-4-11-9(6-8)10(7-14-11)12-2-1-5-15-12/h1-7,14H. The van der Waals surface area contributed by atoms with Crippen LogP contribution in [0.1, 0.15) is 0 Å². The van der Waals surface area contributed by atoms with Gasteiger partial charge in [-0.15, -0.1) is 11.3 Å². The molecule has 0 saturated heterocycles. The molecule has 0 amide bonds. The largest absolute Gasteiger partial charge is 0.361 e. The number of halogens is 1. The van der Waals surface area contributed by atoms with Crippen molar-refractivity contribution in [2.75, 3.05) is 0 Å². The van der Waals surface area contributed by atoms with Crippen LogP contribution in [0.25, 0.3) is 21.3 Å². The summed E-state index contributed by atoms with van der Waals surface area (Å²) >= 11 is 7.74. The topological polar surface area (TPSA) is 15.8 Å². The van der Waals surface area contributed by atoms with Crippen LogP contribution in [-0.4, -0.2) is 4.98 Å². The molecule has 1 N–H and O–H groups in total. The summed E-state index contributed by atoms with van der Waals surface area (Å²) in [6.45, 7) is 0. The molecule has 0 atom stereocenters. The Morgan fingerprint density at radius 2 is 2.13 bits per heavy atom. The molecule has 2 heterocycles. The van der Waals surface area contributed by atoms with Crippen LogP contribution in [-0.2, 0) is 0 Å². The fourth-order valence-electron chi connectivity index (χ4n) is 1.73. The molecule has 0 unspecified atom stereocenters. The zero-order valence-corrected chi connectivity index (χ0v) is 9.40. The number of thiophene rings is 1. The van der Waals surface area contributed by atoms with E-state index in [1.165, 1.54) is 15.8 Å². The number of nitrogens with one attached hydrogen (secondary N) is 1. The number of hydrogen-bond donors (Lipinski definition) is 1. The van der Waals surface area contributed by atoms with Crippen molar-refractivity contribution in [3.63, 3.8) is 0 Å². The summed E-state index contributed by atoms with van der Waals surface area (Å²) in [6.07, 6.45) is 2.03. The second-order valence-corrected chi connectivity index (χ2v) is 4.75. The van der Waals surface area contributed by atoms with Crippen LogP contribution in [0, 0.1) is 0 Å². The lowest BCUT2D eigenvalue weighted by atomic mass is 10.1. The Morgan fingerprint density at radius 1 is 1.20 bits per heavy atom. The minimum atomic E-state index is 0.778. The maximum Gasteiger partial charge on any atom is 0.0461 e. The van der Waals surface area contributed by atoms with Gasteiger partial charge in [-0.25, -0.2) is 0 Å². The molecule has 1 aromatic carbocycles. The molecule has 3 aromatic rings. The van der Waals surface area contributed by atoms with Gasteiger partial charge in [0, 0.05) is 32.6 Å². The maximum atomic E-state index is 6.00. The predicted octanol–water partition coefficient (Wildman–Crippen LogP) is 4.55. The first-order valence-corrected chi connectivity index (χ1v) is 5.91. The van der Waals surface area contributed by atoms with Crippen LogP contribution in [0.15, 0.2) is 41.9 Å². The lowest BCUT2D eigenvalue weighted by Crippen LogP contribution is -1.69. The fourth-order valence-corrected chi connectivity index (χ4v) is 2.66. The monoisotopic (exact) mass is 233 g/mol. The van der Waals surface area contributed by atoms with Crippen molar-refractivity contribution in [1.29, 1.82) is 0 Å². The van der Waals surface area contributed by atoms with E-state index in [0.29, 0.717) is 0 Å². The summed E-state index contributed by atoms with van der Waals surface area (Å²) in [5.41, 5.74) is 2.35. The number of H-pyrrole nitrogens is 1. The van der Waals surface area contributed by atoms with E-state index in [2.05, 4.69) is 22.5 Å². The summed E-state index contributed by atoms with van der Waals surface area (Å²) in [5.74, 6) is 0. The molecule has 1 nitrogen and oxygen atoms in total. The van der Waals surface area contributed by atoms with Gasteiger partial charge in [-0.1, -0.05) is 17.7 Å². The van der Waals surface area contributed by atoms with E-state index >= 15 is 0 Å². The Morgan fingerprint density at radius 3 is 2.93 bits per heavy atom. The van der Waals surface area contributed by atoms with Crippen LogP contribution < -0.4 is 0 Å². The third kappa shape index (κ3) is 1.46. The Labute approximate surface area is 96.3 Å². The second kappa shape index (κ2) is 3.40. The van der Waals surface area contributed by atoms with Crippen LogP contribution in [0.4, 0.5) is 0 Å². The summed E-state index contributed by atoms with van der Waals surface area (Å²) in [7, 11) is 0. The number of hydrogen-bond acceptors (Lipinski definition) is 1. The van der Waals surface area contributed by atoms with E-state index in [1.54, 1.807) is 11.3 Å². The Hall–Kier alpha value is -1.25. The quantitative estimate of drug-likeness (QED) is 0.635. The van der Waals surface area contributed by atoms with E-state index in [9.17, 15) is 0 Å². The van der Waals surface area contributed by atoms with Crippen LogP contribution >= 0.6 is 22.9 Å². The van der Waals surface area contributed by atoms with E-state index < -0.39 is 0 Å². The zero-order valence-electron chi connectivity index (χ0n) is 7.83. The number of rotatable bonds is 1. The number of fused-ring (bicyclic) bond motifs is 1. The van der Waals surface area contributed by atoms with Gasteiger partial charge in [-0.2, -0.15) is 0 Å². The van der Waals surface area contributed by atoms with Gasteiger partial charge < -0.3 is 4.98 Å². The summed E-state index contributed by atoms with van der Waals surface area (Å²) in [6, 6.07) is 10.1. The second-order valence-electron chi connectivity index (χ2n) is 3.37. The van der Waals surface area contributed by atoms with E-state index in [1.807, 2.05) is 24.4 Å². The summed E-state index contributed by atoms with van der Waals surface area (Å²) < 4.78 is 0. The molecule has 0 saturated carbocycles. The average molecular weight is 234 g/mol. The highest BCUT2D eigenvalue weighted by molar-refractivity contribution is 7.13. The van der Waals surface area contributed by atoms with E-state index in [-0.39, 0.29) is 0 Å². The van der Waals surface area contributed by atoms with Crippen molar-refractivity contribution >= 4 is 33.8 Å². The molecular formula is C12H8ClNS. The molecule has 2 aromatic heterocycles. The molecule has 0 aliphatic heterocycles.